The number of hydrogen-bond acceptors (Lipinski definition) is 4. The maximum atomic E-state index is 10.9. The van der Waals surface area contributed by atoms with Crippen LogP contribution in [-0.2, 0) is 9.53 Å². The summed E-state index contributed by atoms with van der Waals surface area (Å²) >= 11 is 1.64. The second-order valence-corrected chi connectivity index (χ2v) is 3.34. The molecule has 0 heterocycles. The van der Waals surface area contributed by atoms with Crippen molar-refractivity contribution >= 4 is 17.7 Å². The zero-order valence-electron chi connectivity index (χ0n) is 7.00. The number of rotatable bonds is 5. The summed E-state index contributed by atoms with van der Waals surface area (Å²) in [6.07, 6.45) is 0. The highest BCUT2D eigenvalue weighted by atomic mass is 32.2. The molecule has 1 unspecified atom stereocenters. The van der Waals surface area contributed by atoms with E-state index in [-0.39, 0.29) is 5.97 Å². The Kier molecular flexibility index (Phi) is 6.36. The fourth-order valence-corrected chi connectivity index (χ4v) is 1.19. The SMILES string of the molecule is CCOC(=O)C(N)CSCC. The molecule has 0 aliphatic heterocycles. The summed E-state index contributed by atoms with van der Waals surface area (Å²) in [5.74, 6) is 1.33. The van der Waals surface area contributed by atoms with E-state index in [1.807, 2.05) is 6.92 Å². The number of carbonyl (C=O) groups excluding carboxylic acids is 1. The number of esters is 1. The molecule has 0 amide bonds. The van der Waals surface area contributed by atoms with Crippen LogP contribution in [0.5, 0.6) is 0 Å². The van der Waals surface area contributed by atoms with E-state index in [1.165, 1.54) is 0 Å². The molecule has 0 aromatic heterocycles. The fourth-order valence-electron chi connectivity index (χ4n) is 0.562. The van der Waals surface area contributed by atoms with Gasteiger partial charge in [-0.1, -0.05) is 6.92 Å². The van der Waals surface area contributed by atoms with Crippen LogP contribution in [0.4, 0.5) is 0 Å². The van der Waals surface area contributed by atoms with Gasteiger partial charge in [0.2, 0.25) is 0 Å². The molecular formula is C7H15NO2S. The molecular weight excluding hydrogens is 162 g/mol. The molecule has 11 heavy (non-hydrogen) atoms. The summed E-state index contributed by atoms with van der Waals surface area (Å²) in [7, 11) is 0. The average Bonchev–Trinajstić information content (AvgIpc) is 2.00. The Hall–Kier alpha value is -0.220. The molecule has 0 aliphatic rings. The van der Waals surface area contributed by atoms with Crippen LogP contribution in [0.1, 0.15) is 13.8 Å². The number of carbonyl (C=O) groups is 1. The van der Waals surface area contributed by atoms with E-state index < -0.39 is 6.04 Å². The molecule has 3 nitrogen and oxygen atoms in total. The minimum Gasteiger partial charge on any atom is -0.465 e. The largest absolute Gasteiger partial charge is 0.465 e. The highest BCUT2D eigenvalue weighted by molar-refractivity contribution is 7.99. The Morgan fingerprint density at radius 2 is 2.27 bits per heavy atom. The Labute approximate surface area is 71.7 Å². The maximum Gasteiger partial charge on any atom is 0.323 e. The molecule has 2 N–H and O–H groups in total. The first-order valence-corrected chi connectivity index (χ1v) is 4.87. The molecule has 0 saturated carbocycles. The predicted octanol–water partition coefficient (Wildman–Crippen LogP) is 0.630. The molecule has 0 radical (unpaired) electrons. The Morgan fingerprint density at radius 3 is 2.73 bits per heavy atom. The molecule has 0 aliphatic carbocycles. The van der Waals surface area contributed by atoms with Gasteiger partial charge in [-0.25, -0.2) is 0 Å². The highest BCUT2D eigenvalue weighted by Gasteiger charge is 2.12. The molecule has 0 saturated heterocycles. The number of thioether (sulfide) groups is 1. The fraction of sp³-hybridized carbons (Fsp3) is 0.857. The van der Waals surface area contributed by atoms with E-state index in [0.29, 0.717) is 12.4 Å². The number of nitrogens with two attached hydrogens (primary N) is 1. The number of hydrogen-bond donors (Lipinski definition) is 1. The van der Waals surface area contributed by atoms with Gasteiger partial charge in [-0.05, 0) is 12.7 Å². The molecule has 0 rings (SSSR count). The minimum atomic E-state index is -0.458. The van der Waals surface area contributed by atoms with E-state index in [1.54, 1.807) is 18.7 Å². The average molecular weight is 177 g/mol. The van der Waals surface area contributed by atoms with Crippen molar-refractivity contribution in [3.05, 3.63) is 0 Å². The Morgan fingerprint density at radius 1 is 1.64 bits per heavy atom. The van der Waals surface area contributed by atoms with Gasteiger partial charge in [-0.2, -0.15) is 11.8 Å². The molecule has 0 bridgehead atoms. The zero-order chi connectivity index (χ0) is 8.69. The topological polar surface area (TPSA) is 52.3 Å². The first-order valence-electron chi connectivity index (χ1n) is 3.72. The van der Waals surface area contributed by atoms with Gasteiger partial charge in [0.25, 0.3) is 0 Å². The van der Waals surface area contributed by atoms with Gasteiger partial charge in [0.05, 0.1) is 6.61 Å². The van der Waals surface area contributed by atoms with Crippen LogP contribution in [0.15, 0.2) is 0 Å². The third-order valence-corrected chi connectivity index (χ3v) is 2.09. The van der Waals surface area contributed by atoms with Gasteiger partial charge in [-0.15, -0.1) is 0 Å². The lowest BCUT2D eigenvalue weighted by Crippen LogP contribution is -2.34. The highest BCUT2D eigenvalue weighted by Crippen LogP contribution is 2.01. The van der Waals surface area contributed by atoms with Gasteiger partial charge >= 0.3 is 5.97 Å². The molecule has 4 heteroatoms. The quantitative estimate of drug-likeness (QED) is 0.626. The van der Waals surface area contributed by atoms with Crippen molar-refractivity contribution in [1.29, 1.82) is 0 Å². The summed E-state index contributed by atoms with van der Waals surface area (Å²) in [5, 5.41) is 0. The molecule has 0 aromatic carbocycles. The van der Waals surface area contributed by atoms with Crippen LogP contribution in [0, 0.1) is 0 Å². The summed E-state index contributed by atoms with van der Waals surface area (Å²) in [6, 6.07) is -0.458. The monoisotopic (exact) mass is 177 g/mol. The molecule has 0 spiro atoms. The molecule has 1 atom stereocenters. The van der Waals surface area contributed by atoms with Crippen molar-refractivity contribution in [2.45, 2.75) is 19.9 Å². The normalized spacial score (nSPS) is 12.6. The van der Waals surface area contributed by atoms with Crippen molar-refractivity contribution in [2.24, 2.45) is 5.73 Å². The molecule has 66 valence electrons. The van der Waals surface area contributed by atoms with E-state index in [9.17, 15) is 4.79 Å². The third-order valence-electron chi connectivity index (χ3n) is 1.09. The van der Waals surface area contributed by atoms with Crippen molar-refractivity contribution < 1.29 is 9.53 Å². The van der Waals surface area contributed by atoms with Crippen molar-refractivity contribution in [3.63, 3.8) is 0 Å². The lowest BCUT2D eigenvalue weighted by molar-refractivity contribution is -0.144. The smallest absolute Gasteiger partial charge is 0.323 e. The van der Waals surface area contributed by atoms with Gasteiger partial charge in [0.15, 0.2) is 0 Å². The second-order valence-electron chi connectivity index (χ2n) is 2.02. The van der Waals surface area contributed by atoms with Crippen molar-refractivity contribution in [2.75, 3.05) is 18.1 Å². The van der Waals surface area contributed by atoms with E-state index in [4.69, 9.17) is 10.5 Å². The van der Waals surface area contributed by atoms with Gasteiger partial charge in [0, 0.05) is 5.75 Å². The Balaban J connectivity index is 3.46. The maximum absolute atomic E-state index is 10.9. The lowest BCUT2D eigenvalue weighted by Gasteiger charge is -2.08. The van der Waals surface area contributed by atoms with Crippen LogP contribution in [-0.4, -0.2) is 30.1 Å². The van der Waals surface area contributed by atoms with Crippen LogP contribution in [0.2, 0.25) is 0 Å². The summed E-state index contributed by atoms with van der Waals surface area (Å²) in [5.41, 5.74) is 5.49. The second kappa shape index (κ2) is 6.49. The van der Waals surface area contributed by atoms with Gasteiger partial charge in [0.1, 0.15) is 6.04 Å². The first-order chi connectivity index (χ1) is 5.22. The van der Waals surface area contributed by atoms with E-state index in [2.05, 4.69) is 0 Å². The molecule has 0 aromatic rings. The van der Waals surface area contributed by atoms with Gasteiger partial charge in [-0.3, -0.25) is 4.79 Å². The number of ether oxygens (including phenoxy) is 1. The van der Waals surface area contributed by atoms with E-state index in [0.717, 1.165) is 5.75 Å². The lowest BCUT2D eigenvalue weighted by atomic mass is 10.4. The van der Waals surface area contributed by atoms with Crippen LogP contribution in [0.25, 0.3) is 0 Å². The summed E-state index contributed by atoms with van der Waals surface area (Å²) in [4.78, 5) is 10.9. The van der Waals surface area contributed by atoms with Crippen molar-refractivity contribution in [3.8, 4) is 0 Å². The predicted molar refractivity (Wildman–Crippen MR) is 47.6 cm³/mol. The summed E-state index contributed by atoms with van der Waals surface area (Å²) in [6.45, 7) is 4.21. The Bertz CT molecular complexity index is 119. The van der Waals surface area contributed by atoms with Crippen molar-refractivity contribution in [1.82, 2.24) is 0 Å². The summed E-state index contributed by atoms with van der Waals surface area (Å²) < 4.78 is 4.72. The molecule has 0 fully saturated rings. The minimum absolute atomic E-state index is 0.298. The zero-order valence-corrected chi connectivity index (χ0v) is 7.82. The first kappa shape index (κ1) is 10.8. The van der Waals surface area contributed by atoms with E-state index >= 15 is 0 Å². The van der Waals surface area contributed by atoms with Gasteiger partial charge < -0.3 is 10.5 Å². The standard InChI is InChI=1S/C7H15NO2S/c1-3-10-7(9)6(8)5-11-4-2/h6H,3-5,8H2,1-2H3. The third kappa shape index (κ3) is 5.09. The van der Waals surface area contributed by atoms with Crippen LogP contribution < -0.4 is 5.73 Å². The van der Waals surface area contributed by atoms with Crippen LogP contribution >= 0.6 is 11.8 Å². The van der Waals surface area contributed by atoms with Crippen LogP contribution in [0.3, 0.4) is 0 Å².